The smallest absolute Gasteiger partial charge is 0.253 e. The zero-order chi connectivity index (χ0) is 14.8. The number of aliphatic hydroxyl groups is 1. The van der Waals surface area contributed by atoms with Gasteiger partial charge in [-0.1, -0.05) is 11.6 Å². The van der Waals surface area contributed by atoms with Crippen LogP contribution in [0.5, 0.6) is 0 Å². The minimum Gasteiger partial charge on any atom is -0.388 e. The fourth-order valence-electron chi connectivity index (χ4n) is 2.27. The lowest BCUT2D eigenvalue weighted by molar-refractivity contribution is -0.0734. The van der Waals surface area contributed by atoms with Crippen LogP contribution in [0.25, 0.3) is 0 Å². The number of likely N-dealkylation sites (N-methyl/N-ethyl adjacent to an activating group) is 1. The van der Waals surface area contributed by atoms with Gasteiger partial charge in [-0.2, -0.15) is 0 Å². The fourth-order valence-corrected chi connectivity index (χ4v) is 2.77. The lowest BCUT2D eigenvalue weighted by Crippen LogP contribution is -2.47. The molecule has 1 fully saturated rings. The molecule has 6 heteroatoms. The van der Waals surface area contributed by atoms with Crippen molar-refractivity contribution in [1.29, 1.82) is 0 Å². The molecule has 0 aliphatic carbocycles. The van der Waals surface area contributed by atoms with Crippen molar-refractivity contribution in [2.75, 3.05) is 26.8 Å². The molecule has 1 saturated heterocycles. The average Bonchev–Trinajstić information content (AvgIpc) is 2.41. The normalized spacial score (nSPS) is 17.8. The monoisotopic (exact) mass is 361 g/mol. The Labute approximate surface area is 131 Å². The molecular weight excluding hydrogens is 346 g/mol. The summed E-state index contributed by atoms with van der Waals surface area (Å²) >= 11 is 9.22. The van der Waals surface area contributed by atoms with Crippen LogP contribution in [0.15, 0.2) is 22.7 Å². The molecule has 1 aliphatic heterocycles. The maximum atomic E-state index is 12.3. The average molecular weight is 363 g/mol. The number of carbonyl (C=O) groups is 1. The number of rotatable bonds is 3. The van der Waals surface area contributed by atoms with Gasteiger partial charge in [0.05, 0.1) is 10.6 Å². The highest BCUT2D eigenvalue weighted by Crippen LogP contribution is 2.25. The molecule has 2 rings (SSSR count). The maximum absolute atomic E-state index is 12.3. The highest BCUT2D eigenvalue weighted by molar-refractivity contribution is 9.10. The minimum absolute atomic E-state index is 0.137. The van der Waals surface area contributed by atoms with Crippen molar-refractivity contribution in [3.8, 4) is 0 Å². The second-order valence-corrected chi connectivity index (χ2v) is 6.39. The minimum atomic E-state index is -0.855. The second-order valence-electron chi connectivity index (χ2n) is 5.13. The predicted octanol–water partition coefficient (Wildman–Crippen LogP) is 2.72. The molecule has 20 heavy (non-hydrogen) atoms. The Bertz CT molecular complexity index is 503. The van der Waals surface area contributed by atoms with Gasteiger partial charge in [0.25, 0.3) is 5.91 Å². The van der Waals surface area contributed by atoms with Crippen LogP contribution in [0.4, 0.5) is 0 Å². The number of nitrogens with zero attached hydrogens (tertiary/aromatic N) is 1. The third-order valence-corrected chi connectivity index (χ3v) is 4.68. The molecule has 0 radical (unpaired) electrons. The van der Waals surface area contributed by atoms with Gasteiger partial charge < -0.3 is 14.7 Å². The summed E-state index contributed by atoms with van der Waals surface area (Å²) in [6.07, 6.45) is 1.10. The SMILES string of the molecule is CN(CC1(O)CCOCC1)C(=O)c1ccc(Cl)c(Br)c1. The second kappa shape index (κ2) is 6.43. The van der Waals surface area contributed by atoms with Gasteiger partial charge >= 0.3 is 0 Å². The van der Waals surface area contributed by atoms with E-state index in [0.717, 1.165) is 0 Å². The third kappa shape index (κ3) is 3.73. The van der Waals surface area contributed by atoms with Gasteiger partial charge in [0.2, 0.25) is 0 Å². The number of benzene rings is 1. The van der Waals surface area contributed by atoms with Crippen molar-refractivity contribution in [3.05, 3.63) is 33.3 Å². The zero-order valence-electron chi connectivity index (χ0n) is 11.2. The number of hydrogen-bond acceptors (Lipinski definition) is 3. The Morgan fingerprint density at radius 1 is 1.50 bits per heavy atom. The molecule has 4 nitrogen and oxygen atoms in total. The Morgan fingerprint density at radius 3 is 2.75 bits per heavy atom. The van der Waals surface area contributed by atoms with Crippen LogP contribution < -0.4 is 0 Å². The number of ether oxygens (including phenoxy) is 1. The van der Waals surface area contributed by atoms with Gasteiger partial charge in [-0.3, -0.25) is 4.79 Å². The van der Waals surface area contributed by atoms with Crippen molar-refractivity contribution in [1.82, 2.24) is 4.90 Å². The largest absolute Gasteiger partial charge is 0.388 e. The van der Waals surface area contributed by atoms with Crippen LogP contribution in [0.2, 0.25) is 5.02 Å². The number of halogens is 2. The molecule has 1 N–H and O–H groups in total. The summed E-state index contributed by atoms with van der Waals surface area (Å²) in [4.78, 5) is 13.9. The molecule has 1 heterocycles. The third-order valence-electron chi connectivity index (χ3n) is 3.47. The Hall–Kier alpha value is -0.620. The maximum Gasteiger partial charge on any atom is 0.253 e. The molecule has 0 spiro atoms. The first-order valence-corrected chi connectivity index (χ1v) is 7.59. The molecule has 0 bridgehead atoms. The van der Waals surface area contributed by atoms with Crippen LogP contribution in [0, 0.1) is 0 Å². The summed E-state index contributed by atoms with van der Waals surface area (Å²) < 4.78 is 5.92. The highest BCUT2D eigenvalue weighted by Gasteiger charge is 2.32. The summed E-state index contributed by atoms with van der Waals surface area (Å²) in [5.74, 6) is -0.137. The van der Waals surface area contributed by atoms with E-state index in [9.17, 15) is 9.90 Å². The van der Waals surface area contributed by atoms with Gasteiger partial charge in [0.1, 0.15) is 0 Å². The topological polar surface area (TPSA) is 49.8 Å². The van der Waals surface area contributed by atoms with Gasteiger partial charge in [-0.15, -0.1) is 0 Å². The van der Waals surface area contributed by atoms with Gasteiger partial charge in [-0.05, 0) is 34.1 Å². The van der Waals surface area contributed by atoms with E-state index in [0.29, 0.717) is 47.7 Å². The summed E-state index contributed by atoms with van der Waals surface area (Å²) in [6, 6.07) is 5.05. The Balaban J connectivity index is 2.06. The number of amides is 1. The van der Waals surface area contributed by atoms with E-state index in [1.807, 2.05) is 0 Å². The molecule has 1 amide bonds. The van der Waals surface area contributed by atoms with E-state index in [2.05, 4.69) is 15.9 Å². The Morgan fingerprint density at radius 2 is 2.15 bits per heavy atom. The lowest BCUT2D eigenvalue weighted by Gasteiger charge is -2.35. The van der Waals surface area contributed by atoms with E-state index >= 15 is 0 Å². The zero-order valence-corrected chi connectivity index (χ0v) is 13.6. The first-order chi connectivity index (χ1) is 9.41. The van der Waals surface area contributed by atoms with Gasteiger partial charge in [0.15, 0.2) is 0 Å². The highest BCUT2D eigenvalue weighted by atomic mass is 79.9. The van der Waals surface area contributed by atoms with E-state index < -0.39 is 5.60 Å². The van der Waals surface area contributed by atoms with E-state index in [1.165, 1.54) is 0 Å². The van der Waals surface area contributed by atoms with Crippen LogP contribution in [-0.4, -0.2) is 48.3 Å². The molecule has 0 aromatic heterocycles. The van der Waals surface area contributed by atoms with Crippen LogP contribution >= 0.6 is 27.5 Å². The standard InChI is InChI=1S/C14H17BrClNO3/c1-17(9-14(19)4-6-20-7-5-14)13(18)10-2-3-12(16)11(15)8-10/h2-3,8,19H,4-7,9H2,1H3. The van der Waals surface area contributed by atoms with E-state index in [4.69, 9.17) is 16.3 Å². The summed E-state index contributed by atoms with van der Waals surface area (Å²) in [6.45, 7) is 1.37. The van der Waals surface area contributed by atoms with Crippen molar-refractivity contribution in [2.24, 2.45) is 0 Å². The van der Waals surface area contributed by atoms with E-state index in [1.54, 1.807) is 30.1 Å². The Kier molecular flexibility index (Phi) is 5.07. The summed E-state index contributed by atoms with van der Waals surface area (Å²) in [5, 5.41) is 11.0. The quantitative estimate of drug-likeness (QED) is 0.899. The van der Waals surface area contributed by atoms with Crippen LogP contribution in [0.1, 0.15) is 23.2 Å². The molecule has 0 unspecified atom stereocenters. The molecule has 0 atom stereocenters. The fraction of sp³-hybridized carbons (Fsp3) is 0.500. The van der Waals surface area contributed by atoms with Gasteiger partial charge in [0, 0.05) is 49.7 Å². The van der Waals surface area contributed by atoms with Crippen molar-refractivity contribution >= 4 is 33.4 Å². The van der Waals surface area contributed by atoms with E-state index in [-0.39, 0.29) is 5.91 Å². The summed E-state index contributed by atoms with van der Waals surface area (Å²) in [7, 11) is 1.69. The van der Waals surface area contributed by atoms with Gasteiger partial charge in [-0.25, -0.2) is 0 Å². The molecule has 1 aromatic rings. The van der Waals surface area contributed by atoms with Crippen molar-refractivity contribution in [2.45, 2.75) is 18.4 Å². The number of carbonyl (C=O) groups excluding carboxylic acids is 1. The molecule has 1 aliphatic rings. The van der Waals surface area contributed by atoms with Crippen LogP contribution in [-0.2, 0) is 4.74 Å². The number of hydrogen-bond donors (Lipinski definition) is 1. The first-order valence-electron chi connectivity index (χ1n) is 6.42. The van der Waals surface area contributed by atoms with Crippen molar-refractivity contribution in [3.63, 3.8) is 0 Å². The molecule has 1 aromatic carbocycles. The predicted molar refractivity (Wildman–Crippen MR) is 81.1 cm³/mol. The molecular formula is C14H17BrClNO3. The first kappa shape index (κ1) is 15.8. The van der Waals surface area contributed by atoms with Crippen LogP contribution in [0.3, 0.4) is 0 Å². The van der Waals surface area contributed by atoms with Crippen molar-refractivity contribution < 1.29 is 14.6 Å². The lowest BCUT2D eigenvalue weighted by atomic mass is 9.94. The summed E-state index contributed by atoms with van der Waals surface area (Å²) in [5.41, 5.74) is -0.314. The molecule has 0 saturated carbocycles. The molecule has 110 valence electrons.